The fraction of sp³-hybridized carbons (Fsp3) is 0.905. The number of carbonyl (C=O) groups is 1. The number of hydrogen-bond donors (Lipinski definition) is 6. The molecule has 6 N–H and O–H groups in total. The number of allylic oxidation sites excluding steroid dienone is 6. The molecule has 1 amide bonds. The van der Waals surface area contributed by atoms with E-state index in [9.17, 15) is 30.3 Å². The molecule has 9 heteroatoms. The highest BCUT2D eigenvalue weighted by Crippen LogP contribution is 2.24. The van der Waals surface area contributed by atoms with Crippen molar-refractivity contribution >= 4 is 5.91 Å². The summed E-state index contributed by atoms with van der Waals surface area (Å²) in [6.07, 6.45) is 77.9. The van der Waals surface area contributed by atoms with E-state index in [0.717, 1.165) is 51.4 Å². The number of carbonyl (C=O) groups excluding carboxylic acids is 1. The molecule has 0 bridgehead atoms. The molecule has 1 rings (SSSR count). The van der Waals surface area contributed by atoms with Gasteiger partial charge in [0.05, 0.1) is 25.4 Å². The Morgan fingerprint density at radius 3 is 1.05 bits per heavy atom. The van der Waals surface area contributed by atoms with Crippen molar-refractivity contribution in [1.82, 2.24) is 5.32 Å². The van der Waals surface area contributed by atoms with Gasteiger partial charge in [0.15, 0.2) is 6.29 Å². The molecule has 0 saturated carbocycles. The zero-order valence-electron chi connectivity index (χ0n) is 55.0. The van der Waals surface area contributed by atoms with Crippen molar-refractivity contribution in [3.63, 3.8) is 0 Å². The van der Waals surface area contributed by atoms with Gasteiger partial charge in [0.25, 0.3) is 0 Å². The molecule has 0 aromatic rings. The Morgan fingerprint density at radius 1 is 0.410 bits per heavy atom. The molecule has 0 aromatic carbocycles. The molecule has 0 aliphatic carbocycles. The van der Waals surface area contributed by atoms with E-state index in [0.29, 0.717) is 12.8 Å². The summed E-state index contributed by atoms with van der Waals surface area (Å²) in [5.74, 6) is -0.137. The molecular weight excluding hydrogens is 1030 g/mol. The zero-order chi connectivity index (χ0) is 60.0. The van der Waals surface area contributed by atoms with E-state index < -0.39 is 49.5 Å². The first-order valence-electron chi connectivity index (χ1n) is 36.7. The molecule has 9 nitrogen and oxygen atoms in total. The van der Waals surface area contributed by atoms with Crippen LogP contribution in [0.15, 0.2) is 36.5 Å². The predicted octanol–water partition coefficient (Wildman–Crippen LogP) is 20.2. The highest BCUT2D eigenvalue weighted by molar-refractivity contribution is 5.76. The average molecular weight is 1170 g/mol. The quantitative estimate of drug-likeness (QED) is 0.0261. The number of rotatable bonds is 65. The van der Waals surface area contributed by atoms with Crippen molar-refractivity contribution in [3.05, 3.63) is 36.5 Å². The maximum Gasteiger partial charge on any atom is 0.220 e. The second kappa shape index (κ2) is 63.4. The second-order valence-electron chi connectivity index (χ2n) is 25.7. The molecular formula is C74H141NO8. The molecule has 0 aromatic heterocycles. The monoisotopic (exact) mass is 1170 g/mol. The maximum absolute atomic E-state index is 13.2. The lowest BCUT2D eigenvalue weighted by atomic mass is 9.99. The van der Waals surface area contributed by atoms with E-state index in [-0.39, 0.29) is 12.5 Å². The summed E-state index contributed by atoms with van der Waals surface area (Å²) in [7, 11) is 0. The molecule has 1 saturated heterocycles. The molecule has 1 fully saturated rings. The lowest BCUT2D eigenvalue weighted by molar-refractivity contribution is -0.302. The van der Waals surface area contributed by atoms with Crippen molar-refractivity contribution in [2.45, 2.75) is 416 Å². The van der Waals surface area contributed by atoms with E-state index in [1.807, 2.05) is 0 Å². The minimum absolute atomic E-state index is 0.134. The molecule has 1 aliphatic heterocycles. The standard InChI is InChI=1S/C74H141NO8/c1-3-5-7-9-11-13-15-17-19-21-23-25-27-29-31-32-33-34-35-36-38-40-42-44-46-48-50-52-54-56-58-60-62-64-70(78)75-67(66-82-74-73(81)72(80)71(79)69(65-76)83-74)68(77)63-61-59-57-55-53-51-49-47-45-43-41-39-37-30-28-26-24-22-20-18-16-14-12-10-8-6-4-2/h15,17,21,23,27,29,67-69,71-74,76-77,79-81H,3-14,16,18-20,22,24-26,28,30-66H2,1-2H3,(H,75,78)/b17-15-,23-21-,29-27-. The summed E-state index contributed by atoms with van der Waals surface area (Å²) in [5, 5.41) is 55.0. The Morgan fingerprint density at radius 2 is 0.711 bits per heavy atom. The van der Waals surface area contributed by atoms with Crippen molar-refractivity contribution < 1.29 is 39.8 Å². The van der Waals surface area contributed by atoms with Gasteiger partial charge < -0.3 is 40.3 Å². The van der Waals surface area contributed by atoms with Crippen LogP contribution in [0.1, 0.15) is 373 Å². The molecule has 0 spiro atoms. The van der Waals surface area contributed by atoms with E-state index in [1.165, 1.54) is 295 Å². The van der Waals surface area contributed by atoms with E-state index >= 15 is 0 Å². The summed E-state index contributed by atoms with van der Waals surface area (Å²) in [6, 6.07) is -0.720. The largest absolute Gasteiger partial charge is 0.394 e. The number of hydrogen-bond acceptors (Lipinski definition) is 8. The topological polar surface area (TPSA) is 149 Å². The third-order valence-corrected chi connectivity index (χ3v) is 17.7. The lowest BCUT2D eigenvalue weighted by Crippen LogP contribution is -2.60. The van der Waals surface area contributed by atoms with Gasteiger partial charge in [-0.15, -0.1) is 0 Å². The molecule has 1 heterocycles. The van der Waals surface area contributed by atoms with Crippen LogP contribution in [0.3, 0.4) is 0 Å². The summed E-state index contributed by atoms with van der Waals surface area (Å²) >= 11 is 0. The van der Waals surface area contributed by atoms with Gasteiger partial charge in [0.2, 0.25) is 5.91 Å². The van der Waals surface area contributed by atoms with Crippen molar-refractivity contribution in [3.8, 4) is 0 Å². The number of aliphatic hydroxyl groups is 5. The smallest absolute Gasteiger partial charge is 0.220 e. The van der Waals surface area contributed by atoms with Crippen LogP contribution in [0.2, 0.25) is 0 Å². The number of amides is 1. The number of unbranched alkanes of at least 4 members (excludes halogenated alkanes) is 49. The Bertz CT molecular complexity index is 1410. The van der Waals surface area contributed by atoms with E-state index in [2.05, 4.69) is 55.6 Å². The zero-order valence-corrected chi connectivity index (χ0v) is 55.0. The van der Waals surface area contributed by atoms with Crippen molar-refractivity contribution in [2.75, 3.05) is 13.2 Å². The minimum Gasteiger partial charge on any atom is -0.394 e. The Balaban J connectivity index is 2.09. The second-order valence-corrected chi connectivity index (χ2v) is 25.7. The summed E-state index contributed by atoms with van der Waals surface area (Å²) in [4.78, 5) is 13.2. The highest BCUT2D eigenvalue weighted by Gasteiger charge is 2.44. The highest BCUT2D eigenvalue weighted by atomic mass is 16.7. The van der Waals surface area contributed by atoms with Gasteiger partial charge in [-0.1, -0.05) is 352 Å². The van der Waals surface area contributed by atoms with Crippen LogP contribution >= 0.6 is 0 Å². The summed E-state index contributed by atoms with van der Waals surface area (Å²) in [5.41, 5.74) is 0. The molecule has 7 unspecified atom stereocenters. The van der Waals surface area contributed by atoms with Gasteiger partial charge in [0, 0.05) is 6.42 Å². The number of nitrogens with one attached hydrogen (secondary N) is 1. The van der Waals surface area contributed by atoms with Gasteiger partial charge in [-0.2, -0.15) is 0 Å². The van der Waals surface area contributed by atoms with Gasteiger partial charge >= 0.3 is 0 Å². The number of aliphatic hydroxyl groups excluding tert-OH is 5. The molecule has 490 valence electrons. The average Bonchev–Trinajstić information content (AvgIpc) is 3.61. The van der Waals surface area contributed by atoms with E-state index in [4.69, 9.17) is 9.47 Å². The lowest BCUT2D eigenvalue weighted by Gasteiger charge is -2.40. The third kappa shape index (κ3) is 52.1. The third-order valence-electron chi connectivity index (χ3n) is 17.7. The summed E-state index contributed by atoms with van der Waals surface area (Å²) < 4.78 is 11.4. The Labute approximate surface area is 514 Å². The van der Waals surface area contributed by atoms with Crippen LogP contribution in [0.5, 0.6) is 0 Å². The summed E-state index contributed by atoms with van der Waals surface area (Å²) in [6.45, 7) is 3.88. The molecule has 83 heavy (non-hydrogen) atoms. The number of ether oxygens (including phenoxy) is 2. The van der Waals surface area contributed by atoms with Gasteiger partial charge in [-0.05, 0) is 51.4 Å². The first-order valence-corrected chi connectivity index (χ1v) is 36.7. The fourth-order valence-corrected chi connectivity index (χ4v) is 12.0. The Kier molecular flexibility index (Phi) is 60.7. The molecule has 0 radical (unpaired) electrons. The van der Waals surface area contributed by atoms with Crippen molar-refractivity contribution in [2.24, 2.45) is 0 Å². The van der Waals surface area contributed by atoms with Crippen LogP contribution in [-0.2, 0) is 14.3 Å². The normalized spacial score (nSPS) is 18.4. The maximum atomic E-state index is 13.2. The van der Waals surface area contributed by atoms with Crippen LogP contribution < -0.4 is 5.32 Å². The first-order chi connectivity index (χ1) is 40.8. The molecule has 7 atom stereocenters. The van der Waals surface area contributed by atoms with Gasteiger partial charge in [-0.25, -0.2) is 0 Å². The van der Waals surface area contributed by atoms with Crippen LogP contribution in [0.4, 0.5) is 0 Å². The van der Waals surface area contributed by atoms with Crippen LogP contribution in [0.25, 0.3) is 0 Å². The van der Waals surface area contributed by atoms with Crippen LogP contribution in [-0.4, -0.2) is 87.5 Å². The Hall–Kier alpha value is -1.59. The molecule has 1 aliphatic rings. The predicted molar refractivity (Wildman–Crippen MR) is 355 cm³/mol. The minimum atomic E-state index is -1.55. The van der Waals surface area contributed by atoms with Crippen LogP contribution in [0, 0.1) is 0 Å². The fourth-order valence-electron chi connectivity index (χ4n) is 12.0. The van der Waals surface area contributed by atoms with Gasteiger partial charge in [0.1, 0.15) is 24.4 Å². The van der Waals surface area contributed by atoms with Gasteiger partial charge in [-0.3, -0.25) is 4.79 Å². The first kappa shape index (κ1) is 79.4. The van der Waals surface area contributed by atoms with E-state index in [1.54, 1.807) is 0 Å². The van der Waals surface area contributed by atoms with Crippen molar-refractivity contribution in [1.29, 1.82) is 0 Å². The SMILES string of the molecule is CCCCCCC/C=C\C/C=C\C/C=C\CCCCCCCCCCCCCCCCCCCCC(=O)NC(COC1OC(CO)C(O)C(O)C1O)C(O)CCCCCCCCCCCCCCCCCCCCCCCCCCCCC.